The van der Waals surface area contributed by atoms with Crippen LogP contribution in [-0.4, -0.2) is 5.78 Å². The smallest absolute Gasteiger partial charge is 0.167 e. The average Bonchev–Trinajstić information content (AvgIpc) is 2.43. The van der Waals surface area contributed by atoms with Crippen molar-refractivity contribution in [2.75, 3.05) is 0 Å². The highest BCUT2D eigenvalue weighted by atomic mass is 35.5. The van der Waals surface area contributed by atoms with Gasteiger partial charge >= 0.3 is 0 Å². The van der Waals surface area contributed by atoms with Crippen molar-refractivity contribution in [1.29, 1.82) is 0 Å². The molecule has 0 saturated carbocycles. The number of rotatable bonds is 4. The van der Waals surface area contributed by atoms with E-state index in [4.69, 9.17) is 17.3 Å². The Labute approximate surface area is 116 Å². The molecular formula is C15H13ClFNO. The molecule has 0 fully saturated rings. The number of carbonyl (C=O) groups excluding carboxylic acids is 1. The minimum atomic E-state index is -0.509. The van der Waals surface area contributed by atoms with Crippen LogP contribution in [0.3, 0.4) is 0 Å². The number of hydrogen-bond donors (Lipinski definition) is 1. The zero-order valence-corrected chi connectivity index (χ0v) is 11.0. The third-order valence-corrected chi connectivity index (χ3v) is 3.17. The number of halogens is 2. The molecule has 0 atom stereocenters. The van der Waals surface area contributed by atoms with E-state index in [2.05, 4.69) is 0 Å². The van der Waals surface area contributed by atoms with Crippen LogP contribution < -0.4 is 5.73 Å². The van der Waals surface area contributed by atoms with E-state index in [9.17, 15) is 9.18 Å². The van der Waals surface area contributed by atoms with Crippen molar-refractivity contribution in [3.63, 3.8) is 0 Å². The molecule has 2 rings (SSSR count). The number of nitrogens with two attached hydrogens (primary N) is 1. The Morgan fingerprint density at radius 1 is 1.11 bits per heavy atom. The number of Topliss-reactive ketones (excluding diaryl/α,β-unsaturated/α-hetero) is 1. The van der Waals surface area contributed by atoms with Gasteiger partial charge in [0.2, 0.25) is 0 Å². The van der Waals surface area contributed by atoms with Gasteiger partial charge in [-0.1, -0.05) is 41.9 Å². The quantitative estimate of drug-likeness (QED) is 0.871. The summed E-state index contributed by atoms with van der Waals surface area (Å²) in [6.07, 6.45) is 0.149. The van der Waals surface area contributed by atoms with E-state index in [0.29, 0.717) is 17.7 Å². The molecule has 0 aliphatic carbocycles. The van der Waals surface area contributed by atoms with Crippen LogP contribution in [0.25, 0.3) is 0 Å². The summed E-state index contributed by atoms with van der Waals surface area (Å²) in [6, 6.07) is 11.5. The summed E-state index contributed by atoms with van der Waals surface area (Å²) in [5, 5.41) is 0.0588. The molecule has 0 aliphatic heterocycles. The first kappa shape index (κ1) is 13.7. The van der Waals surface area contributed by atoms with Gasteiger partial charge in [0.1, 0.15) is 5.82 Å². The van der Waals surface area contributed by atoms with Crippen LogP contribution in [0.5, 0.6) is 0 Å². The van der Waals surface area contributed by atoms with E-state index in [1.807, 2.05) is 12.1 Å². The maximum absolute atomic E-state index is 13.3. The molecule has 0 spiro atoms. The first-order valence-electron chi connectivity index (χ1n) is 5.86. The van der Waals surface area contributed by atoms with E-state index in [1.54, 1.807) is 18.2 Å². The molecule has 0 aromatic heterocycles. The number of benzene rings is 2. The molecule has 0 unspecified atom stereocenters. The van der Waals surface area contributed by atoms with E-state index in [1.165, 1.54) is 12.1 Å². The van der Waals surface area contributed by atoms with Crippen LogP contribution in [-0.2, 0) is 13.0 Å². The zero-order chi connectivity index (χ0) is 13.8. The van der Waals surface area contributed by atoms with Crippen molar-refractivity contribution < 1.29 is 9.18 Å². The van der Waals surface area contributed by atoms with Gasteiger partial charge < -0.3 is 5.73 Å². The maximum Gasteiger partial charge on any atom is 0.167 e. The van der Waals surface area contributed by atoms with E-state index in [-0.39, 0.29) is 17.2 Å². The lowest BCUT2D eigenvalue weighted by atomic mass is 10.0. The number of carbonyl (C=O) groups is 1. The molecule has 0 bridgehead atoms. The third-order valence-electron chi connectivity index (χ3n) is 2.86. The molecule has 0 saturated heterocycles. The van der Waals surface area contributed by atoms with Gasteiger partial charge in [-0.15, -0.1) is 0 Å². The van der Waals surface area contributed by atoms with Gasteiger partial charge in [0.25, 0.3) is 0 Å². The Bertz CT molecular complexity index is 596. The summed E-state index contributed by atoms with van der Waals surface area (Å²) in [5.41, 5.74) is 7.65. The third kappa shape index (κ3) is 3.40. The normalized spacial score (nSPS) is 10.5. The summed E-state index contributed by atoms with van der Waals surface area (Å²) >= 11 is 5.60. The molecule has 0 aliphatic rings. The lowest BCUT2D eigenvalue weighted by Gasteiger charge is -2.04. The van der Waals surface area contributed by atoms with Gasteiger partial charge in [-0.3, -0.25) is 4.79 Å². The van der Waals surface area contributed by atoms with Crippen molar-refractivity contribution in [2.45, 2.75) is 13.0 Å². The predicted molar refractivity (Wildman–Crippen MR) is 73.8 cm³/mol. The molecular weight excluding hydrogens is 265 g/mol. The second-order valence-corrected chi connectivity index (χ2v) is 4.66. The Kier molecular flexibility index (Phi) is 4.30. The molecule has 0 amide bonds. The standard InChI is InChI=1S/C15H13ClFNO/c16-13-6-3-11(7-14(13)17)8-15(19)12-4-1-10(9-18)2-5-12/h1-7H,8-9,18H2. The summed E-state index contributed by atoms with van der Waals surface area (Å²) in [7, 11) is 0. The van der Waals surface area contributed by atoms with Crippen molar-refractivity contribution in [3.8, 4) is 0 Å². The van der Waals surface area contributed by atoms with Crippen molar-refractivity contribution >= 4 is 17.4 Å². The SMILES string of the molecule is NCc1ccc(C(=O)Cc2ccc(Cl)c(F)c2)cc1. The second kappa shape index (κ2) is 5.95. The fourth-order valence-electron chi connectivity index (χ4n) is 1.76. The van der Waals surface area contributed by atoms with Crippen LogP contribution in [0.4, 0.5) is 4.39 Å². The van der Waals surface area contributed by atoms with Crippen LogP contribution in [0, 0.1) is 5.82 Å². The molecule has 0 heterocycles. The molecule has 4 heteroatoms. The monoisotopic (exact) mass is 277 g/mol. The van der Waals surface area contributed by atoms with Crippen molar-refractivity contribution in [2.24, 2.45) is 5.73 Å². The first-order chi connectivity index (χ1) is 9.10. The Morgan fingerprint density at radius 3 is 2.32 bits per heavy atom. The summed E-state index contributed by atoms with van der Waals surface area (Å²) in [6.45, 7) is 0.441. The topological polar surface area (TPSA) is 43.1 Å². The van der Waals surface area contributed by atoms with Gasteiger partial charge in [0.05, 0.1) is 5.02 Å². The molecule has 0 radical (unpaired) electrons. The first-order valence-corrected chi connectivity index (χ1v) is 6.24. The maximum atomic E-state index is 13.3. The summed E-state index contributed by atoms with van der Waals surface area (Å²) < 4.78 is 13.3. The lowest BCUT2D eigenvalue weighted by molar-refractivity contribution is 0.0993. The highest BCUT2D eigenvalue weighted by Crippen LogP contribution is 2.17. The molecule has 2 N–H and O–H groups in total. The van der Waals surface area contributed by atoms with E-state index >= 15 is 0 Å². The Morgan fingerprint density at radius 2 is 1.74 bits per heavy atom. The molecule has 2 aromatic rings. The Hall–Kier alpha value is -1.71. The molecule has 2 aromatic carbocycles. The van der Waals surface area contributed by atoms with Crippen molar-refractivity contribution in [1.82, 2.24) is 0 Å². The van der Waals surface area contributed by atoms with Crippen LogP contribution in [0.15, 0.2) is 42.5 Å². The number of hydrogen-bond acceptors (Lipinski definition) is 2. The lowest BCUT2D eigenvalue weighted by Crippen LogP contribution is -2.04. The fraction of sp³-hybridized carbons (Fsp3) is 0.133. The second-order valence-electron chi connectivity index (χ2n) is 4.25. The molecule has 98 valence electrons. The zero-order valence-electron chi connectivity index (χ0n) is 10.2. The van der Waals surface area contributed by atoms with Gasteiger partial charge in [-0.05, 0) is 23.3 Å². The van der Waals surface area contributed by atoms with Crippen LogP contribution >= 0.6 is 11.6 Å². The van der Waals surface area contributed by atoms with Crippen LogP contribution in [0.1, 0.15) is 21.5 Å². The van der Waals surface area contributed by atoms with Crippen molar-refractivity contribution in [3.05, 3.63) is 70.0 Å². The largest absolute Gasteiger partial charge is 0.326 e. The molecule has 2 nitrogen and oxygen atoms in total. The Balaban J connectivity index is 2.13. The highest BCUT2D eigenvalue weighted by Gasteiger charge is 2.09. The van der Waals surface area contributed by atoms with E-state index < -0.39 is 5.82 Å². The van der Waals surface area contributed by atoms with E-state index in [0.717, 1.165) is 5.56 Å². The average molecular weight is 278 g/mol. The predicted octanol–water partition coefficient (Wildman–Crippen LogP) is 3.36. The van der Waals surface area contributed by atoms with Gasteiger partial charge in [-0.25, -0.2) is 4.39 Å². The summed E-state index contributed by atoms with van der Waals surface area (Å²) in [4.78, 5) is 12.0. The minimum absolute atomic E-state index is 0.0588. The van der Waals surface area contributed by atoms with Crippen LogP contribution in [0.2, 0.25) is 5.02 Å². The van der Waals surface area contributed by atoms with Gasteiger partial charge in [-0.2, -0.15) is 0 Å². The minimum Gasteiger partial charge on any atom is -0.326 e. The van der Waals surface area contributed by atoms with Gasteiger partial charge in [0.15, 0.2) is 5.78 Å². The van der Waals surface area contributed by atoms with Gasteiger partial charge in [0, 0.05) is 18.5 Å². The molecule has 19 heavy (non-hydrogen) atoms. The highest BCUT2D eigenvalue weighted by molar-refractivity contribution is 6.30. The summed E-state index contributed by atoms with van der Waals surface area (Å²) in [5.74, 6) is -0.573. The number of ketones is 1. The fourth-order valence-corrected chi connectivity index (χ4v) is 1.88.